The van der Waals surface area contributed by atoms with Gasteiger partial charge in [0, 0.05) is 11.9 Å². The summed E-state index contributed by atoms with van der Waals surface area (Å²) in [5.41, 5.74) is 0.917. The number of fused-ring (bicyclic) bond motifs is 1. The molecule has 5 nitrogen and oxygen atoms in total. The van der Waals surface area contributed by atoms with Gasteiger partial charge in [0.15, 0.2) is 0 Å². The van der Waals surface area contributed by atoms with Gasteiger partial charge in [-0.2, -0.15) is 4.98 Å². The van der Waals surface area contributed by atoms with E-state index >= 15 is 0 Å². The van der Waals surface area contributed by atoms with Gasteiger partial charge >= 0.3 is 0 Å². The first-order chi connectivity index (χ1) is 9.86. The summed E-state index contributed by atoms with van der Waals surface area (Å²) < 4.78 is 5.29. The fourth-order valence-electron chi connectivity index (χ4n) is 2.04. The lowest BCUT2D eigenvalue weighted by Gasteiger charge is -2.10. The molecule has 0 unspecified atom stereocenters. The molecule has 0 saturated heterocycles. The lowest BCUT2D eigenvalue weighted by Crippen LogP contribution is -2.07. The quantitative estimate of drug-likeness (QED) is 0.743. The van der Waals surface area contributed by atoms with Crippen LogP contribution in [0.5, 0.6) is 0 Å². The Balaban J connectivity index is 1.90. The molecule has 1 aromatic carbocycles. The molecule has 0 atom stereocenters. The van der Waals surface area contributed by atoms with Gasteiger partial charge in [0.1, 0.15) is 11.6 Å². The number of nitrogens with one attached hydrogen (secondary N) is 2. The molecule has 5 heteroatoms. The van der Waals surface area contributed by atoms with E-state index in [1.54, 1.807) is 6.26 Å². The Morgan fingerprint density at radius 1 is 1.05 bits per heavy atom. The van der Waals surface area contributed by atoms with Gasteiger partial charge in [-0.3, -0.25) is 0 Å². The predicted octanol–water partition coefficient (Wildman–Crippen LogP) is 3.27. The maximum atomic E-state index is 5.29. The number of hydrogen-bond donors (Lipinski definition) is 2. The Kier molecular flexibility index (Phi) is 3.50. The van der Waals surface area contributed by atoms with Gasteiger partial charge in [0.25, 0.3) is 0 Å². The topological polar surface area (TPSA) is 63.0 Å². The van der Waals surface area contributed by atoms with Gasteiger partial charge in [0.05, 0.1) is 18.3 Å². The number of aromatic nitrogens is 2. The molecule has 2 aromatic heterocycles. The number of nitrogens with zero attached hydrogens (tertiary/aromatic N) is 2. The van der Waals surface area contributed by atoms with Crippen molar-refractivity contribution in [1.82, 2.24) is 9.97 Å². The van der Waals surface area contributed by atoms with Crippen LogP contribution in [0.4, 0.5) is 11.8 Å². The highest BCUT2D eigenvalue weighted by Gasteiger charge is 2.06. The molecule has 3 rings (SSSR count). The smallest absolute Gasteiger partial charge is 0.225 e. The van der Waals surface area contributed by atoms with Gasteiger partial charge in [-0.25, -0.2) is 4.98 Å². The Bertz CT molecular complexity index is 694. The van der Waals surface area contributed by atoms with Crippen molar-refractivity contribution >= 4 is 22.7 Å². The molecular formula is C15H16N4O. The van der Waals surface area contributed by atoms with Gasteiger partial charge in [-0.1, -0.05) is 12.1 Å². The SMILES string of the molecule is CCNc1nc(NCc2ccco2)nc2ccccc12. The standard InChI is InChI=1S/C15H16N4O/c1-2-16-14-12-7-3-4-8-13(12)18-15(19-14)17-10-11-6-5-9-20-11/h3-9H,2,10H2,1H3,(H2,16,17,18,19). The molecule has 0 aliphatic carbocycles. The number of para-hydroxylation sites is 1. The predicted molar refractivity (Wildman–Crippen MR) is 79.7 cm³/mol. The molecule has 0 fully saturated rings. The van der Waals surface area contributed by atoms with Crippen molar-refractivity contribution in [2.75, 3.05) is 17.2 Å². The summed E-state index contributed by atoms with van der Waals surface area (Å²) in [6.45, 7) is 3.43. The van der Waals surface area contributed by atoms with Crippen LogP contribution in [0.3, 0.4) is 0 Å². The van der Waals surface area contributed by atoms with Crippen LogP contribution in [0.1, 0.15) is 12.7 Å². The first-order valence-electron chi connectivity index (χ1n) is 6.63. The first-order valence-corrected chi connectivity index (χ1v) is 6.63. The molecule has 0 saturated carbocycles. The number of anilines is 2. The van der Waals surface area contributed by atoms with Crippen LogP contribution < -0.4 is 10.6 Å². The maximum Gasteiger partial charge on any atom is 0.225 e. The lowest BCUT2D eigenvalue weighted by atomic mass is 10.2. The minimum absolute atomic E-state index is 0.566. The highest BCUT2D eigenvalue weighted by atomic mass is 16.3. The van der Waals surface area contributed by atoms with E-state index in [2.05, 4.69) is 20.6 Å². The summed E-state index contributed by atoms with van der Waals surface area (Å²) in [6.07, 6.45) is 1.66. The number of furan rings is 1. The second-order valence-electron chi connectivity index (χ2n) is 4.38. The van der Waals surface area contributed by atoms with Crippen molar-refractivity contribution in [2.24, 2.45) is 0 Å². The molecule has 102 valence electrons. The van der Waals surface area contributed by atoms with Gasteiger partial charge in [0.2, 0.25) is 5.95 Å². The molecule has 0 aliphatic rings. The Labute approximate surface area is 117 Å². The van der Waals surface area contributed by atoms with Crippen molar-refractivity contribution in [3.63, 3.8) is 0 Å². The van der Waals surface area contributed by atoms with E-state index in [-0.39, 0.29) is 0 Å². The van der Waals surface area contributed by atoms with Crippen LogP contribution in [0, 0.1) is 0 Å². The van der Waals surface area contributed by atoms with E-state index in [9.17, 15) is 0 Å². The fourth-order valence-corrected chi connectivity index (χ4v) is 2.04. The third kappa shape index (κ3) is 2.56. The van der Waals surface area contributed by atoms with E-state index in [1.807, 2.05) is 43.3 Å². The Morgan fingerprint density at radius 2 is 1.95 bits per heavy atom. The van der Waals surface area contributed by atoms with E-state index < -0.39 is 0 Å². The van der Waals surface area contributed by atoms with E-state index in [4.69, 9.17) is 4.42 Å². The van der Waals surface area contributed by atoms with Gasteiger partial charge in [-0.15, -0.1) is 0 Å². The third-order valence-electron chi connectivity index (χ3n) is 2.95. The van der Waals surface area contributed by atoms with Crippen LogP contribution >= 0.6 is 0 Å². The van der Waals surface area contributed by atoms with Gasteiger partial charge in [-0.05, 0) is 31.2 Å². The third-order valence-corrected chi connectivity index (χ3v) is 2.95. The molecular weight excluding hydrogens is 252 g/mol. The van der Waals surface area contributed by atoms with E-state index in [0.29, 0.717) is 12.5 Å². The summed E-state index contributed by atoms with van der Waals surface area (Å²) >= 11 is 0. The van der Waals surface area contributed by atoms with Crippen molar-refractivity contribution in [3.05, 3.63) is 48.4 Å². The monoisotopic (exact) mass is 268 g/mol. The zero-order valence-electron chi connectivity index (χ0n) is 11.3. The molecule has 3 aromatic rings. The zero-order chi connectivity index (χ0) is 13.8. The average molecular weight is 268 g/mol. The van der Waals surface area contributed by atoms with Crippen LogP contribution in [0.15, 0.2) is 47.1 Å². The second-order valence-corrected chi connectivity index (χ2v) is 4.38. The van der Waals surface area contributed by atoms with E-state index in [1.165, 1.54) is 0 Å². The highest BCUT2D eigenvalue weighted by Crippen LogP contribution is 2.21. The molecule has 0 spiro atoms. The average Bonchev–Trinajstić information content (AvgIpc) is 2.99. The summed E-state index contributed by atoms with van der Waals surface area (Å²) in [5.74, 6) is 2.29. The van der Waals surface area contributed by atoms with Crippen LogP contribution in [-0.4, -0.2) is 16.5 Å². The molecule has 2 N–H and O–H groups in total. The van der Waals surface area contributed by atoms with Crippen molar-refractivity contribution in [2.45, 2.75) is 13.5 Å². The van der Waals surface area contributed by atoms with Gasteiger partial charge < -0.3 is 15.1 Å². The molecule has 20 heavy (non-hydrogen) atoms. The van der Waals surface area contributed by atoms with E-state index in [0.717, 1.165) is 29.0 Å². The summed E-state index contributed by atoms with van der Waals surface area (Å²) in [5, 5.41) is 7.48. The molecule has 2 heterocycles. The molecule has 0 radical (unpaired) electrons. The fraction of sp³-hybridized carbons (Fsp3) is 0.200. The lowest BCUT2D eigenvalue weighted by molar-refractivity contribution is 0.517. The highest BCUT2D eigenvalue weighted by molar-refractivity contribution is 5.89. The molecule has 0 bridgehead atoms. The minimum atomic E-state index is 0.566. The number of benzene rings is 1. The van der Waals surface area contributed by atoms with Crippen LogP contribution in [-0.2, 0) is 6.54 Å². The van der Waals surface area contributed by atoms with Crippen molar-refractivity contribution < 1.29 is 4.42 Å². The summed E-state index contributed by atoms with van der Waals surface area (Å²) in [6, 6.07) is 11.7. The maximum absolute atomic E-state index is 5.29. The van der Waals surface area contributed by atoms with Crippen LogP contribution in [0.2, 0.25) is 0 Å². The Morgan fingerprint density at radius 3 is 2.75 bits per heavy atom. The Hall–Kier alpha value is -2.56. The van der Waals surface area contributed by atoms with Crippen molar-refractivity contribution in [3.8, 4) is 0 Å². The zero-order valence-corrected chi connectivity index (χ0v) is 11.3. The summed E-state index contributed by atoms with van der Waals surface area (Å²) in [7, 11) is 0. The van der Waals surface area contributed by atoms with Crippen LogP contribution in [0.25, 0.3) is 10.9 Å². The normalized spacial score (nSPS) is 10.7. The van der Waals surface area contributed by atoms with Crippen molar-refractivity contribution in [1.29, 1.82) is 0 Å². The number of hydrogen-bond acceptors (Lipinski definition) is 5. The number of rotatable bonds is 5. The summed E-state index contributed by atoms with van der Waals surface area (Å²) in [4.78, 5) is 9.03. The molecule has 0 amide bonds. The first kappa shape index (κ1) is 12.5. The molecule has 0 aliphatic heterocycles. The minimum Gasteiger partial charge on any atom is -0.467 e. The largest absolute Gasteiger partial charge is 0.467 e. The second kappa shape index (κ2) is 5.61.